The van der Waals surface area contributed by atoms with Gasteiger partial charge < -0.3 is 4.74 Å². The van der Waals surface area contributed by atoms with Crippen LogP contribution in [-0.4, -0.2) is 17.7 Å². The molecule has 0 saturated heterocycles. The fourth-order valence-corrected chi connectivity index (χ4v) is 1.11. The fraction of sp³-hybridized carbons (Fsp3) is 0.273. The number of rotatable bonds is 4. The predicted molar refractivity (Wildman–Crippen MR) is 60.1 cm³/mol. The Hall–Kier alpha value is -1.35. The van der Waals surface area contributed by atoms with E-state index in [0.29, 0.717) is 13.2 Å². The number of nitrogens with zero attached hydrogens (tertiary/aromatic N) is 1. The zero-order valence-corrected chi connectivity index (χ0v) is 9.20. The van der Waals surface area contributed by atoms with Crippen LogP contribution in [0.3, 0.4) is 0 Å². The van der Waals surface area contributed by atoms with Crippen molar-refractivity contribution in [3.05, 3.63) is 35.9 Å². The number of carbonyl (C=O) groups is 1. The van der Waals surface area contributed by atoms with Crippen molar-refractivity contribution >= 4 is 22.7 Å². The Morgan fingerprint density at radius 3 is 2.67 bits per heavy atom. The summed E-state index contributed by atoms with van der Waals surface area (Å²) in [5.74, 6) is -0.574. The molecule has 0 aliphatic heterocycles. The Balaban J connectivity index is 2.54. The predicted octanol–water partition coefficient (Wildman–Crippen LogP) is 2.39. The molecule has 0 aliphatic carbocycles. The summed E-state index contributed by atoms with van der Waals surface area (Å²) in [6, 6.07) is 9.56. The molecule has 0 atom stereocenters. The number of carbonyl (C=O) groups excluding carboxylic acids is 1. The molecule has 1 rings (SSSR count). The average molecular weight is 226 g/mol. The zero-order valence-electron chi connectivity index (χ0n) is 8.44. The van der Waals surface area contributed by atoms with Gasteiger partial charge in [-0.15, -0.1) is 0 Å². The van der Waals surface area contributed by atoms with Gasteiger partial charge in [0, 0.05) is 0 Å². The highest BCUT2D eigenvalue weighted by molar-refractivity contribution is 6.82. The fourth-order valence-electron chi connectivity index (χ4n) is 0.999. The van der Waals surface area contributed by atoms with Gasteiger partial charge in [-0.3, -0.25) is 4.99 Å². The number of ether oxygens (including phenoxy) is 1. The van der Waals surface area contributed by atoms with Gasteiger partial charge in [-0.2, -0.15) is 0 Å². The molecule has 3 nitrogen and oxygen atoms in total. The molecule has 15 heavy (non-hydrogen) atoms. The van der Waals surface area contributed by atoms with Crippen LogP contribution in [0.5, 0.6) is 0 Å². The van der Waals surface area contributed by atoms with Gasteiger partial charge in [-0.05, 0) is 12.5 Å². The molecule has 0 unspecified atom stereocenters. The van der Waals surface area contributed by atoms with E-state index in [0.717, 1.165) is 5.56 Å². The maximum absolute atomic E-state index is 11.1. The van der Waals surface area contributed by atoms with Crippen LogP contribution in [0.1, 0.15) is 12.5 Å². The first-order chi connectivity index (χ1) is 7.24. The molecule has 4 heteroatoms. The molecule has 0 radical (unpaired) electrons. The van der Waals surface area contributed by atoms with Gasteiger partial charge in [0.2, 0.25) is 5.17 Å². The van der Waals surface area contributed by atoms with Crippen molar-refractivity contribution in [2.24, 2.45) is 4.99 Å². The van der Waals surface area contributed by atoms with Crippen LogP contribution in [0.4, 0.5) is 0 Å². The molecule has 0 N–H and O–H groups in total. The molecule has 0 aromatic heterocycles. The number of halogens is 1. The number of benzene rings is 1. The van der Waals surface area contributed by atoms with Crippen LogP contribution in [-0.2, 0) is 16.1 Å². The first-order valence-electron chi connectivity index (χ1n) is 4.65. The summed E-state index contributed by atoms with van der Waals surface area (Å²) in [6.45, 7) is 2.41. The third-order valence-corrected chi connectivity index (χ3v) is 1.96. The lowest BCUT2D eigenvalue weighted by Gasteiger charge is -1.99. The molecule has 0 spiro atoms. The highest BCUT2D eigenvalue weighted by Gasteiger charge is 2.07. The first-order valence-corrected chi connectivity index (χ1v) is 5.03. The standard InChI is InChI=1S/C11H12ClNO2/c1-2-15-11(14)10(12)13-8-9-6-4-3-5-7-9/h3-7H,2,8H2,1H3. The lowest BCUT2D eigenvalue weighted by molar-refractivity contribution is -0.134. The lowest BCUT2D eigenvalue weighted by atomic mass is 10.2. The molecule has 0 bridgehead atoms. The van der Waals surface area contributed by atoms with Gasteiger partial charge in [0.1, 0.15) is 0 Å². The summed E-state index contributed by atoms with van der Waals surface area (Å²) < 4.78 is 4.69. The Morgan fingerprint density at radius 2 is 2.07 bits per heavy atom. The minimum Gasteiger partial charge on any atom is -0.461 e. The summed E-state index contributed by atoms with van der Waals surface area (Å²) in [5.41, 5.74) is 1.000. The number of esters is 1. The third-order valence-electron chi connectivity index (χ3n) is 1.69. The highest BCUT2D eigenvalue weighted by atomic mass is 35.5. The van der Waals surface area contributed by atoms with Crippen molar-refractivity contribution in [1.29, 1.82) is 0 Å². The molecule has 1 aromatic carbocycles. The van der Waals surface area contributed by atoms with Gasteiger partial charge >= 0.3 is 5.97 Å². The van der Waals surface area contributed by atoms with Crippen molar-refractivity contribution < 1.29 is 9.53 Å². The summed E-state index contributed by atoms with van der Waals surface area (Å²) in [5, 5.41) is -0.110. The largest absolute Gasteiger partial charge is 0.461 e. The second kappa shape index (κ2) is 6.19. The van der Waals surface area contributed by atoms with E-state index in [9.17, 15) is 4.79 Å². The van der Waals surface area contributed by atoms with Crippen LogP contribution in [0.15, 0.2) is 35.3 Å². The average Bonchev–Trinajstić information content (AvgIpc) is 2.27. The highest BCUT2D eigenvalue weighted by Crippen LogP contribution is 2.02. The van der Waals surface area contributed by atoms with E-state index in [1.807, 2.05) is 30.3 Å². The smallest absolute Gasteiger partial charge is 0.368 e. The van der Waals surface area contributed by atoms with Gasteiger partial charge in [0.05, 0.1) is 13.2 Å². The number of hydrogen-bond donors (Lipinski definition) is 0. The van der Waals surface area contributed by atoms with Gasteiger partial charge in [-0.25, -0.2) is 4.79 Å². The molecule has 0 aliphatic rings. The SMILES string of the molecule is CCOC(=O)C(Cl)=NCc1ccccc1. The number of hydrogen-bond acceptors (Lipinski definition) is 3. The molecule has 1 aromatic rings. The molecular formula is C11H12ClNO2. The van der Waals surface area contributed by atoms with E-state index >= 15 is 0 Å². The summed E-state index contributed by atoms with van der Waals surface area (Å²) in [6.07, 6.45) is 0. The molecule has 0 fully saturated rings. The lowest BCUT2D eigenvalue weighted by Crippen LogP contribution is -2.12. The van der Waals surface area contributed by atoms with E-state index in [-0.39, 0.29) is 5.17 Å². The monoisotopic (exact) mass is 225 g/mol. The second-order valence-corrected chi connectivity index (χ2v) is 3.17. The maximum Gasteiger partial charge on any atom is 0.368 e. The Labute approximate surface area is 93.7 Å². The molecule has 0 heterocycles. The van der Waals surface area contributed by atoms with E-state index < -0.39 is 5.97 Å². The van der Waals surface area contributed by atoms with Gasteiger partial charge in [0.15, 0.2) is 0 Å². The van der Waals surface area contributed by atoms with E-state index in [1.165, 1.54) is 0 Å². The third kappa shape index (κ3) is 4.13. The molecular weight excluding hydrogens is 214 g/mol. The van der Waals surface area contributed by atoms with Crippen molar-refractivity contribution in [3.63, 3.8) is 0 Å². The summed E-state index contributed by atoms with van der Waals surface area (Å²) >= 11 is 5.64. The van der Waals surface area contributed by atoms with E-state index in [2.05, 4.69) is 4.99 Å². The Kier molecular flexibility index (Phi) is 4.84. The maximum atomic E-state index is 11.1. The minimum absolute atomic E-state index is 0.110. The second-order valence-electron chi connectivity index (χ2n) is 2.81. The Morgan fingerprint density at radius 1 is 1.40 bits per heavy atom. The van der Waals surface area contributed by atoms with Gasteiger partial charge in [0.25, 0.3) is 0 Å². The van der Waals surface area contributed by atoms with Crippen LogP contribution in [0.2, 0.25) is 0 Å². The molecule has 0 amide bonds. The van der Waals surface area contributed by atoms with Crippen LogP contribution >= 0.6 is 11.6 Å². The van der Waals surface area contributed by atoms with Crippen LogP contribution < -0.4 is 0 Å². The Bertz CT molecular complexity index is 349. The topological polar surface area (TPSA) is 38.7 Å². The minimum atomic E-state index is -0.574. The van der Waals surface area contributed by atoms with Crippen molar-refractivity contribution in [2.75, 3.05) is 6.61 Å². The van der Waals surface area contributed by atoms with Gasteiger partial charge in [-0.1, -0.05) is 41.9 Å². The van der Waals surface area contributed by atoms with Crippen molar-refractivity contribution in [1.82, 2.24) is 0 Å². The molecule has 0 saturated carbocycles. The van der Waals surface area contributed by atoms with Crippen molar-refractivity contribution in [2.45, 2.75) is 13.5 Å². The van der Waals surface area contributed by atoms with Crippen LogP contribution in [0, 0.1) is 0 Å². The molecule has 80 valence electrons. The van der Waals surface area contributed by atoms with Crippen molar-refractivity contribution in [3.8, 4) is 0 Å². The van der Waals surface area contributed by atoms with E-state index in [4.69, 9.17) is 16.3 Å². The summed E-state index contributed by atoms with van der Waals surface area (Å²) in [7, 11) is 0. The normalized spacial score (nSPS) is 11.2. The number of aliphatic imine (C=N–C) groups is 1. The van der Waals surface area contributed by atoms with Crippen LogP contribution in [0.25, 0.3) is 0 Å². The first kappa shape index (κ1) is 11.7. The zero-order chi connectivity index (χ0) is 11.1. The quantitative estimate of drug-likeness (QED) is 0.583. The summed E-state index contributed by atoms with van der Waals surface area (Å²) in [4.78, 5) is 15.0. The van der Waals surface area contributed by atoms with E-state index in [1.54, 1.807) is 6.92 Å².